The van der Waals surface area contributed by atoms with Gasteiger partial charge in [-0.15, -0.1) is 0 Å². The van der Waals surface area contributed by atoms with Gasteiger partial charge in [-0.3, -0.25) is 10.1 Å². The number of nitrogens with one attached hydrogen (secondary N) is 1. The Balaban J connectivity index is 1.81. The largest absolute Gasteiger partial charge is 0.494 e. The highest BCUT2D eigenvalue weighted by Gasteiger charge is 2.10. The normalized spacial score (nSPS) is 10.6. The van der Waals surface area contributed by atoms with Crippen LogP contribution in [0.5, 0.6) is 5.75 Å². The molecule has 1 aromatic heterocycles. The first kappa shape index (κ1) is 15.0. The summed E-state index contributed by atoms with van der Waals surface area (Å²) < 4.78 is 7.39. The fraction of sp³-hybridized carbons (Fsp3) is 0.125. The lowest BCUT2D eigenvalue weighted by Gasteiger charge is -2.01. The lowest BCUT2D eigenvalue weighted by atomic mass is 10.2. The Morgan fingerprint density at radius 1 is 1.27 bits per heavy atom. The number of hydrogen-bond donors (Lipinski definition) is 1. The molecule has 0 aliphatic heterocycles. The number of anilines is 1. The molecule has 1 N–H and O–H groups in total. The second-order valence-electron chi connectivity index (χ2n) is 4.54. The number of carbonyl (C=O) groups excluding carboxylic acids is 1. The molecule has 3 aromatic rings. The van der Waals surface area contributed by atoms with Gasteiger partial charge in [-0.25, -0.2) is 4.98 Å². The average molecular weight is 377 g/mol. The fourth-order valence-electron chi connectivity index (χ4n) is 1.99. The number of thiazole rings is 1. The summed E-state index contributed by atoms with van der Waals surface area (Å²) in [7, 11) is 0. The van der Waals surface area contributed by atoms with Crippen LogP contribution in [0.15, 0.2) is 46.9 Å². The van der Waals surface area contributed by atoms with Crippen molar-refractivity contribution in [3.8, 4) is 5.75 Å². The van der Waals surface area contributed by atoms with E-state index < -0.39 is 0 Å². The summed E-state index contributed by atoms with van der Waals surface area (Å²) >= 11 is 4.78. The van der Waals surface area contributed by atoms with Crippen molar-refractivity contribution in [3.05, 3.63) is 52.5 Å². The lowest BCUT2D eigenvalue weighted by molar-refractivity contribution is 0.102. The molecule has 0 spiro atoms. The second kappa shape index (κ2) is 6.46. The maximum atomic E-state index is 12.2. The molecule has 0 atom stereocenters. The summed E-state index contributed by atoms with van der Waals surface area (Å²) in [6, 6.07) is 12.9. The maximum Gasteiger partial charge on any atom is 0.257 e. The molecule has 1 amide bonds. The summed E-state index contributed by atoms with van der Waals surface area (Å²) in [6.07, 6.45) is 0. The van der Waals surface area contributed by atoms with Crippen molar-refractivity contribution < 1.29 is 9.53 Å². The molecule has 0 saturated heterocycles. The molecule has 0 bridgehead atoms. The number of rotatable bonds is 4. The van der Waals surface area contributed by atoms with Crippen LogP contribution in [0.1, 0.15) is 17.3 Å². The number of hydrogen-bond acceptors (Lipinski definition) is 4. The van der Waals surface area contributed by atoms with E-state index in [4.69, 9.17) is 4.74 Å². The van der Waals surface area contributed by atoms with Gasteiger partial charge in [0.2, 0.25) is 0 Å². The highest BCUT2D eigenvalue weighted by molar-refractivity contribution is 9.10. The summed E-state index contributed by atoms with van der Waals surface area (Å²) in [5.41, 5.74) is 1.44. The molecule has 2 aromatic carbocycles. The molecule has 22 heavy (non-hydrogen) atoms. The number of ether oxygens (including phenoxy) is 1. The first-order valence-electron chi connectivity index (χ1n) is 6.76. The minimum atomic E-state index is -0.170. The Bertz CT molecular complexity index is 815. The third-order valence-corrected chi connectivity index (χ3v) is 4.46. The van der Waals surface area contributed by atoms with E-state index in [0.717, 1.165) is 20.4 Å². The van der Waals surface area contributed by atoms with Crippen molar-refractivity contribution >= 4 is 48.5 Å². The SMILES string of the molecule is CCOc1ccc2nc(NC(=O)c3ccc(Br)cc3)sc2c1. The molecular weight excluding hydrogens is 364 g/mol. The predicted molar refractivity (Wildman–Crippen MR) is 92.9 cm³/mol. The van der Waals surface area contributed by atoms with Gasteiger partial charge in [-0.1, -0.05) is 27.3 Å². The van der Waals surface area contributed by atoms with Crippen LogP contribution in [0.3, 0.4) is 0 Å². The fourth-order valence-corrected chi connectivity index (χ4v) is 3.14. The van der Waals surface area contributed by atoms with Crippen molar-refractivity contribution in [3.63, 3.8) is 0 Å². The molecule has 3 rings (SSSR count). The van der Waals surface area contributed by atoms with Gasteiger partial charge in [0.05, 0.1) is 16.8 Å². The Kier molecular flexibility index (Phi) is 4.40. The summed E-state index contributed by atoms with van der Waals surface area (Å²) in [6.45, 7) is 2.57. The van der Waals surface area contributed by atoms with Crippen LogP contribution < -0.4 is 10.1 Å². The zero-order valence-electron chi connectivity index (χ0n) is 11.8. The first-order chi connectivity index (χ1) is 10.7. The van der Waals surface area contributed by atoms with Crippen LogP contribution in [0.25, 0.3) is 10.2 Å². The van der Waals surface area contributed by atoms with Crippen molar-refractivity contribution in [2.75, 3.05) is 11.9 Å². The molecule has 4 nitrogen and oxygen atoms in total. The van der Waals surface area contributed by atoms with Crippen molar-refractivity contribution in [1.29, 1.82) is 0 Å². The van der Waals surface area contributed by atoms with E-state index in [-0.39, 0.29) is 5.91 Å². The number of amides is 1. The number of nitrogens with zero attached hydrogens (tertiary/aromatic N) is 1. The van der Waals surface area contributed by atoms with Crippen molar-refractivity contribution in [2.24, 2.45) is 0 Å². The van der Waals surface area contributed by atoms with Gasteiger partial charge in [0.15, 0.2) is 5.13 Å². The predicted octanol–water partition coefficient (Wildman–Crippen LogP) is 4.71. The van der Waals surface area contributed by atoms with Gasteiger partial charge < -0.3 is 4.74 Å². The molecule has 112 valence electrons. The van der Waals surface area contributed by atoms with Crippen LogP contribution in [0.2, 0.25) is 0 Å². The highest BCUT2D eigenvalue weighted by Crippen LogP contribution is 2.29. The smallest absolute Gasteiger partial charge is 0.257 e. The topological polar surface area (TPSA) is 51.2 Å². The molecule has 0 radical (unpaired) electrons. The van der Waals surface area contributed by atoms with Crippen LogP contribution in [-0.4, -0.2) is 17.5 Å². The number of fused-ring (bicyclic) bond motifs is 1. The second-order valence-corrected chi connectivity index (χ2v) is 6.49. The third-order valence-electron chi connectivity index (χ3n) is 3.00. The zero-order valence-corrected chi connectivity index (χ0v) is 14.2. The Hall–Kier alpha value is -1.92. The Morgan fingerprint density at radius 3 is 2.77 bits per heavy atom. The molecule has 0 fully saturated rings. The third kappa shape index (κ3) is 3.28. The number of carbonyl (C=O) groups is 1. The van der Waals surface area contributed by atoms with E-state index in [1.807, 2.05) is 37.3 Å². The molecule has 0 unspecified atom stereocenters. The molecule has 0 saturated carbocycles. The highest BCUT2D eigenvalue weighted by atomic mass is 79.9. The van der Waals surface area contributed by atoms with Gasteiger partial charge in [0, 0.05) is 10.0 Å². The van der Waals surface area contributed by atoms with Gasteiger partial charge in [0.1, 0.15) is 5.75 Å². The maximum absolute atomic E-state index is 12.2. The summed E-state index contributed by atoms with van der Waals surface area (Å²) in [5, 5.41) is 3.41. The zero-order chi connectivity index (χ0) is 15.5. The van der Waals surface area contributed by atoms with Gasteiger partial charge in [-0.2, -0.15) is 0 Å². The number of halogens is 1. The van der Waals surface area contributed by atoms with Crippen LogP contribution in [0, 0.1) is 0 Å². The number of benzene rings is 2. The van der Waals surface area contributed by atoms with Crippen molar-refractivity contribution in [2.45, 2.75) is 6.92 Å². The van der Waals surface area contributed by atoms with Gasteiger partial charge >= 0.3 is 0 Å². The van der Waals surface area contributed by atoms with Crippen molar-refractivity contribution in [1.82, 2.24) is 4.98 Å². The molecule has 0 aliphatic carbocycles. The average Bonchev–Trinajstić information content (AvgIpc) is 2.89. The summed E-state index contributed by atoms with van der Waals surface area (Å²) in [5.74, 6) is 0.640. The minimum Gasteiger partial charge on any atom is -0.494 e. The Morgan fingerprint density at radius 2 is 2.05 bits per heavy atom. The van der Waals surface area contributed by atoms with E-state index >= 15 is 0 Å². The molecule has 6 heteroatoms. The van der Waals surface area contributed by atoms with E-state index in [0.29, 0.717) is 17.3 Å². The molecule has 1 heterocycles. The molecular formula is C16H13BrN2O2S. The lowest BCUT2D eigenvalue weighted by Crippen LogP contribution is -2.11. The minimum absolute atomic E-state index is 0.170. The Labute approximate surface area is 140 Å². The first-order valence-corrected chi connectivity index (χ1v) is 8.37. The van der Waals surface area contributed by atoms with E-state index in [9.17, 15) is 4.79 Å². The van der Waals surface area contributed by atoms with Crippen LogP contribution >= 0.6 is 27.3 Å². The van der Waals surface area contributed by atoms with Gasteiger partial charge in [-0.05, 0) is 49.4 Å². The number of aromatic nitrogens is 1. The standard InChI is InChI=1S/C16H13BrN2O2S/c1-2-21-12-7-8-13-14(9-12)22-16(18-13)19-15(20)10-3-5-11(17)6-4-10/h3-9H,2H2,1H3,(H,18,19,20). The van der Waals surface area contributed by atoms with Crippen LogP contribution in [-0.2, 0) is 0 Å². The molecule has 0 aliphatic rings. The summed E-state index contributed by atoms with van der Waals surface area (Å²) in [4.78, 5) is 16.6. The quantitative estimate of drug-likeness (QED) is 0.717. The van der Waals surface area contributed by atoms with E-state index in [1.54, 1.807) is 12.1 Å². The van der Waals surface area contributed by atoms with E-state index in [2.05, 4.69) is 26.2 Å². The monoisotopic (exact) mass is 376 g/mol. The van der Waals surface area contributed by atoms with Gasteiger partial charge in [0.25, 0.3) is 5.91 Å². The van der Waals surface area contributed by atoms with Crippen LogP contribution in [0.4, 0.5) is 5.13 Å². The van der Waals surface area contributed by atoms with E-state index in [1.165, 1.54) is 11.3 Å².